The summed E-state index contributed by atoms with van der Waals surface area (Å²) in [5.41, 5.74) is -1.18. The van der Waals surface area contributed by atoms with E-state index in [9.17, 15) is 19.8 Å². The number of hydrogen-bond donors (Lipinski definition) is 2. The summed E-state index contributed by atoms with van der Waals surface area (Å²) in [7, 11) is 0. The summed E-state index contributed by atoms with van der Waals surface area (Å²) in [5.74, 6) is 0.909. The van der Waals surface area contributed by atoms with Crippen LogP contribution in [0.15, 0.2) is 36.2 Å². The zero-order valence-corrected chi connectivity index (χ0v) is 18.9. The molecule has 0 bridgehead atoms. The lowest BCUT2D eigenvalue weighted by atomic mass is 9.45. The predicted octanol–water partition coefficient (Wildman–Crippen LogP) is 3.26. The molecule has 1 aromatic heterocycles. The SMILES string of the molecule is CC12CCC(=O)C=C1CCC1C2[C@@H](O)CC2(C)C1CC[C@]2(O)C(=O)COc1ccncc1. The molecular weight excluding hydrogens is 406 g/mol. The molecule has 0 radical (unpaired) electrons. The van der Waals surface area contributed by atoms with Gasteiger partial charge >= 0.3 is 0 Å². The Morgan fingerprint density at radius 1 is 1.19 bits per heavy atom. The normalized spacial score (nSPS) is 43.0. The van der Waals surface area contributed by atoms with Gasteiger partial charge in [0.25, 0.3) is 0 Å². The number of rotatable bonds is 4. The molecule has 1 heterocycles. The number of nitrogens with zero attached hydrogens (tertiary/aromatic N) is 1. The fraction of sp³-hybridized carbons (Fsp3) is 0.654. The quantitative estimate of drug-likeness (QED) is 0.748. The number of aliphatic hydroxyl groups excluding tert-OH is 1. The number of aliphatic hydroxyl groups is 2. The van der Waals surface area contributed by atoms with Gasteiger partial charge < -0.3 is 14.9 Å². The highest BCUT2D eigenvalue weighted by Gasteiger charge is 2.68. The number of pyridine rings is 1. The van der Waals surface area contributed by atoms with Gasteiger partial charge in [0.15, 0.2) is 5.78 Å². The van der Waals surface area contributed by atoms with Crippen LogP contribution >= 0.6 is 0 Å². The Morgan fingerprint density at radius 2 is 1.94 bits per heavy atom. The molecule has 4 aliphatic carbocycles. The van der Waals surface area contributed by atoms with E-state index in [1.165, 1.54) is 5.57 Å². The van der Waals surface area contributed by atoms with Gasteiger partial charge in [-0.1, -0.05) is 19.4 Å². The Labute approximate surface area is 189 Å². The molecule has 0 aliphatic heterocycles. The third-order valence-corrected chi connectivity index (χ3v) is 9.53. The molecule has 0 amide bonds. The van der Waals surface area contributed by atoms with Crippen LogP contribution in [0.4, 0.5) is 0 Å². The number of aromatic nitrogens is 1. The highest BCUT2D eigenvalue weighted by molar-refractivity contribution is 5.92. The molecule has 0 aromatic carbocycles. The maximum Gasteiger partial charge on any atom is 0.202 e. The molecule has 0 saturated heterocycles. The van der Waals surface area contributed by atoms with Crippen molar-refractivity contribution in [1.29, 1.82) is 0 Å². The summed E-state index contributed by atoms with van der Waals surface area (Å²) < 4.78 is 5.65. The second-order valence-corrected chi connectivity index (χ2v) is 10.9. The van der Waals surface area contributed by atoms with E-state index in [-0.39, 0.29) is 41.3 Å². The first-order chi connectivity index (χ1) is 15.2. The molecule has 3 fully saturated rings. The molecule has 172 valence electrons. The molecule has 3 saturated carbocycles. The van der Waals surface area contributed by atoms with Crippen molar-refractivity contribution in [2.24, 2.45) is 28.6 Å². The molecule has 6 nitrogen and oxygen atoms in total. The summed E-state index contributed by atoms with van der Waals surface area (Å²) in [6, 6.07) is 3.38. The van der Waals surface area contributed by atoms with Crippen LogP contribution in [0.5, 0.6) is 5.75 Å². The zero-order chi connectivity index (χ0) is 22.7. The number of Topliss-reactive ketones (excluding diaryl/α,β-unsaturated/α-hetero) is 1. The van der Waals surface area contributed by atoms with E-state index in [1.807, 2.05) is 13.0 Å². The van der Waals surface area contributed by atoms with Crippen molar-refractivity contribution in [3.05, 3.63) is 36.2 Å². The number of fused-ring (bicyclic) bond motifs is 5. The van der Waals surface area contributed by atoms with Gasteiger partial charge in [-0.25, -0.2) is 0 Å². The van der Waals surface area contributed by atoms with E-state index in [4.69, 9.17) is 4.74 Å². The summed E-state index contributed by atoms with van der Waals surface area (Å²) in [6.07, 6.45) is 9.06. The van der Waals surface area contributed by atoms with Gasteiger partial charge in [0, 0.05) is 24.2 Å². The van der Waals surface area contributed by atoms with Crippen molar-refractivity contribution in [3.8, 4) is 5.75 Å². The van der Waals surface area contributed by atoms with Crippen molar-refractivity contribution >= 4 is 11.6 Å². The third kappa shape index (κ3) is 3.02. The lowest BCUT2D eigenvalue weighted by Gasteiger charge is -2.60. The molecule has 0 spiro atoms. The van der Waals surface area contributed by atoms with Gasteiger partial charge in [-0.15, -0.1) is 0 Å². The van der Waals surface area contributed by atoms with Gasteiger partial charge in [0.05, 0.1) is 6.10 Å². The van der Waals surface area contributed by atoms with E-state index in [0.717, 1.165) is 25.7 Å². The summed E-state index contributed by atoms with van der Waals surface area (Å²) in [5, 5.41) is 23.2. The number of carbonyl (C=O) groups excluding carboxylic acids is 2. The average molecular weight is 440 g/mol. The molecular formula is C26H33NO5. The van der Waals surface area contributed by atoms with Crippen LogP contribution in [0.25, 0.3) is 0 Å². The highest BCUT2D eigenvalue weighted by Crippen LogP contribution is 2.67. The Balaban J connectivity index is 1.40. The molecule has 32 heavy (non-hydrogen) atoms. The van der Waals surface area contributed by atoms with Crippen LogP contribution in [0.3, 0.4) is 0 Å². The van der Waals surface area contributed by atoms with Gasteiger partial charge in [-0.2, -0.15) is 0 Å². The van der Waals surface area contributed by atoms with Gasteiger partial charge in [-0.3, -0.25) is 14.6 Å². The molecule has 7 atom stereocenters. The topological polar surface area (TPSA) is 96.7 Å². The first-order valence-electron chi connectivity index (χ1n) is 11.9. The predicted molar refractivity (Wildman–Crippen MR) is 118 cm³/mol. The van der Waals surface area contributed by atoms with Crippen LogP contribution < -0.4 is 4.74 Å². The van der Waals surface area contributed by atoms with E-state index in [0.29, 0.717) is 25.0 Å². The Bertz CT molecular complexity index is 960. The third-order valence-electron chi connectivity index (χ3n) is 9.53. The fourth-order valence-electron chi connectivity index (χ4n) is 7.85. The molecule has 4 aliphatic rings. The average Bonchev–Trinajstić information content (AvgIpc) is 3.04. The minimum Gasteiger partial charge on any atom is -0.486 e. The molecule has 6 heteroatoms. The standard InChI is InChI=1S/C26H33NO5/c1-24-9-5-17(28)13-16(24)3-4-19-20-6-10-26(31,25(20,2)14-21(29)23(19)24)22(30)15-32-18-7-11-27-12-8-18/h7-8,11-13,19-21,23,29,31H,3-6,9-10,14-15H2,1-2H3/t19?,20?,21-,23?,24?,25?,26-/m0/s1. The second kappa shape index (κ2) is 7.49. The van der Waals surface area contributed by atoms with Crippen LogP contribution in [0.1, 0.15) is 58.8 Å². The van der Waals surface area contributed by atoms with Gasteiger partial charge in [-0.05, 0) is 79.9 Å². The van der Waals surface area contributed by atoms with Gasteiger partial charge in [0.2, 0.25) is 5.78 Å². The monoisotopic (exact) mass is 439 g/mol. The maximum atomic E-state index is 13.3. The first kappa shape index (κ1) is 21.8. The smallest absolute Gasteiger partial charge is 0.202 e. The maximum absolute atomic E-state index is 13.3. The summed E-state index contributed by atoms with van der Waals surface area (Å²) in [6.45, 7) is 4.01. The largest absolute Gasteiger partial charge is 0.486 e. The minimum absolute atomic E-state index is 0.0687. The van der Waals surface area contributed by atoms with Crippen molar-refractivity contribution in [3.63, 3.8) is 0 Å². The fourth-order valence-corrected chi connectivity index (χ4v) is 7.85. The number of allylic oxidation sites excluding steroid dienone is 1. The number of hydrogen-bond acceptors (Lipinski definition) is 6. The van der Waals surface area contributed by atoms with E-state index < -0.39 is 17.1 Å². The van der Waals surface area contributed by atoms with Crippen LogP contribution in [-0.4, -0.2) is 45.1 Å². The number of ketones is 2. The van der Waals surface area contributed by atoms with E-state index in [2.05, 4.69) is 11.9 Å². The van der Waals surface area contributed by atoms with Gasteiger partial charge in [0.1, 0.15) is 18.0 Å². The molecule has 2 N–H and O–H groups in total. The summed E-state index contributed by atoms with van der Waals surface area (Å²) >= 11 is 0. The Kier molecular flexibility index (Phi) is 5.10. The minimum atomic E-state index is -1.50. The van der Waals surface area contributed by atoms with E-state index in [1.54, 1.807) is 24.5 Å². The Hall–Kier alpha value is -2.05. The molecule has 1 aromatic rings. The zero-order valence-electron chi connectivity index (χ0n) is 18.9. The molecule has 5 rings (SSSR count). The first-order valence-corrected chi connectivity index (χ1v) is 11.9. The lowest BCUT2D eigenvalue weighted by molar-refractivity contribution is -0.181. The van der Waals surface area contributed by atoms with Crippen molar-refractivity contribution < 1.29 is 24.5 Å². The van der Waals surface area contributed by atoms with Crippen LogP contribution in [-0.2, 0) is 9.59 Å². The van der Waals surface area contributed by atoms with Crippen molar-refractivity contribution in [2.75, 3.05) is 6.61 Å². The lowest BCUT2D eigenvalue weighted by Crippen LogP contribution is -2.62. The summed E-state index contributed by atoms with van der Waals surface area (Å²) in [4.78, 5) is 29.3. The highest BCUT2D eigenvalue weighted by atomic mass is 16.5. The van der Waals surface area contributed by atoms with E-state index >= 15 is 0 Å². The number of carbonyl (C=O) groups is 2. The number of ether oxygens (including phenoxy) is 1. The van der Waals surface area contributed by atoms with Crippen LogP contribution in [0.2, 0.25) is 0 Å². The second-order valence-electron chi connectivity index (χ2n) is 10.9. The van der Waals surface area contributed by atoms with Crippen LogP contribution in [0, 0.1) is 28.6 Å². The van der Waals surface area contributed by atoms with Crippen molar-refractivity contribution in [1.82, 2.24) is 4.98 Å². The molecule has 5 unspecified atom stereocenters. The Morgan fingerprint density at radius 3 is 2.69 bits per heavy atom. The van der Waals surface area contributed by atoms with Crippen molar-refractivity contribution in [2.45, 2.75) is 70.5 Å².